The Bertz CT molecular complexity index is 520. The standard InChI is InChI=1S/C15H17NO/c1-11-8-9-15(17-3)14(10-11)16-13-7-5-4-6-12(13)2/h4-10,16H,1-3H3. The topological polar surface area (TPSA) is 21.3 Å². The third-order valence-electron chi connectivity index (χ3n) is 2.77. The van der Waals surface area contributed by atoms with Gasteiger partial charge in [-0.25, -0.2) is 0 Å². The highest BCUT2D eigenvalue weighted by molar-refractivity contribution is 5.69. The number of rotatable bonds is 3. The number of hydrogen-bond donors (Lipinski definition) is 1. The van der Waals surface area contributed by atoms with E-state index in [1.807, 2.05) is 24.3 Å². The Morgan fingerprint density at radius 2 is 1.71 bits per heavy atom. The van der Waals surface area contributed by atoms with E-state index in [0.29, 0.717) is 0 Å². The van der Waals surface area contributed by atoms with Crippen molar-refractivity contribution in [2.45, 2.75) is 13.8 Å². The molecule has 17 heavy (non-hydrogen) atoms. The third kappa shape index (κ3) is 2.59. The lowest BCUT2D eigenvalue weighted by Gasteiger charge is -2.13. The molecule has 0 heterocycles. The van der Waals surface area contributed by atoms with E-state index in [2.05, 4.69) is 37.4 Å². The van der Waals surface area contributed by atoms with Gasteiger partial charge >= 0.3 is 0 Å². The number of hydrogen-bond acceptors (Lipinski definition) is 2. The molecule has 0 spiro atoms. The molecule has 0 amide bonds. The van der Waals surface area contributed by atoms with Crippen LogP contribution in [-0.4, -0.2) is 7.11 Å². The smallest absolute Gasteiger partial charge is 0.142 e. The van der Waals surface area contributed by atoms with Crippen LogP contribution in [0.2, 0.25) is 0 Å². The summed E-state index contributed by atoms with van der Waals surface area (Å²) in [5.74, 6) is 0.860. The molecule has 2 nitrogen and oxygen atoms in total. The Labute approximate surface area is 102 Å². The molecular formula is C15H17NO. The normalized spacial score (nSPS) is 10.1. The van der Waals surface area contributed by atoms with Crippen LogP contribution in [0, 0.1) is 13.8 Å². The molecule has 0 aliphatic carbocycles. The lowest BCUT2D eigenvalue weighted by molar-refractivity contribution is 0.416. The molecule has 0 aromatic heterocycles. The van der Waals surface area contributed by atoms with Gasteiger partial charge in [0.2, 0.25) is 0 Å². The number of nitrogens with one attached hydrogen (secondary N) is 1. The van der Waals surface area contributed by atoms with Crippen molar-refractivity contribution in [2.24, 2.45) is 0 Å². The van der Waals surface area contributed by atoms with Crippen molar-refractivity contribution in [3.8, 4) is 5.75 Å². The lowest BCUT2D eigenvalue weighted by atomic mass is 10.1. The molecule has 0 atom stereocenters. The minimum atomic E-state index is 0.860. The largest absolute Gasteiger partial charge is 0.495 e. The Balaban J connectivity index is 2.35. The van der Waals surface area contributed by atoms with Crippen molar-refractivity contribution in [1.82, 2.24) is 0 Å². The third-order valence-corrected chi connectivity index (χ3v) is 2.77. The van der Waals surface area contributed by atoms with Gasteiger partial charge in [-0.15, -0.1) is 0 Å². The van der Waals surface area contributed by atoms with E-state index < -0.39 is 0 Å². The van der Waals surface area contributed by atoms with Gasteiger partial charge in [0.05, 0.1) is 12.8 Å². The number of methoxy groups -OCH3 is 1. The van der Waals surface area contributed by atoms with Crippen LogP contribution in [0.15, 0.2) is 42.5 Å². The van der Waals surface area contributed by atoms with Crippen molar-refractivity contribution in [3.05, 3.63) is 53.6 Å². The zero-order valence-electron chi connectivity index (χ0n) is 10.4. The van der Waals surface area contributed by atoms with E-state index in [-0.39, 0.29) is 0 Å². The van der Waals surface area contributed by atoms with E-state index in [4.69, 9.17) is 4.74 Å². The SMILES string of the molecule is COc1ccc(C)cc1Nc1ccccc1C. The molecule has 2 rings (SSSR count). The van der Waals surface area contributed by atoms with Crippen molar-refractivity contribution in [1.29, 1.82) is 0 Å². The molecule has 0 fully saturated rings. The van der Waals surface area contributed by atoms with Gasteiger partial charge in [0.1, 0.15) is 5.75 Å². The minimum absolute atomic E-state index is 0.860. The molecule has 0 radical (unpaired) electrons. The van der Waals surface area contributed by atoms with Crippen LogP contribution in [0.3, 0.4) is 0 Å². The van der Waals surface area contributed by atoms with Crippen molar-refractivity contribution in [3.63, 3.8) is 0 Å². The van der Waals surface area contributed by atoms with Crippen molar-refractivity contribution < 1.29 is 4.74 Å². The first-order valence-corrected chi connectivity index (χ1v) is 5.68. The number of anilines is 2. The summed E-state index contributed by atoms with van der Waals surface area (Å²) in [7, 11) is 1.69. The van der Waals surface area contributed by atoms with Gasteiger partial charge in [0, 0.05) is 5.69 Å². The lowest BCUT2D eigenvalue weighted by Crippen LogP contribution is -1.96. The molecule has 2 heteroatoms. The van der Waals surface area contributed by atoms with E-state index in [0.717, 1.165) is 17.1 Å². The summed E-state index contributed by atoms with van der Waals surface area (Å²) >= 11 is 0. The van der Waals surface area contributed by atoms with Crippen LogP contribution in [0.4, 0.5) is 11.4 Å². The first-order valence-electron chi connectivity index (χ1n) is 5.68. The first kappa shape index (κ1) is 11.5. The van der Waals surface area contributed by atoms with Gasteiger partial charge < -0.3 is 10.1 Å². The Morgan fingerprint density at radius 3 is 2.41 bits per heavy atom. The maximum absolute atomic E-state index is 5.35. The fraction of sp³-hybridized carbons (Fsp3) is 0.200. The van der Waals surface area contributed by atoms with Crippen LogP contribution in [-0.2, 0) is 0 Å². The van der Waals surface area contributed by atoms with Crippen molar-refractivity contribution >= 4 is 11.4 Å². The van der Waals surface area contributed by atoms with E-state index in [1.54, 1.807) is 7.11 Å². The minimum Gasteiger partial charge on any atom is -0.495 e. The summed E-state index contributed by atoms with van der Waals surface area (Å²) < 4.78 is 5.35. The van der Waals surface area contributed by atoms with E-state index in [9.17, 15) is 0 Å². The van der Waals surface area contributed by atoms with Gasteiger partial charge in [-0.05, 0) is 43.2 Å². The first-order chi connectivity index (χ1) is 8.20. The highest BCUT2D eigenvalue weighted by atomic mass is 16.5. The molecule has 88 valence electrons. The monoisotopic (exact) mass is 227 g/mol. The molecular weight excluding hydrogens is 210 g/mol. The molecule has 1 N–H and O–H groups in total. The second kappa shape index (κ2) is 4.91. The second-order valence-corrected chi connectivity index (χ2v) is 4.14. The van der Waals surface area contributed by atoms with Crippen LogP contribution in [0.1, 0.15) is 11.1 Å². The van der Waals surface area contributed by atoms with Crippen LogP contribution in [0.5, 0.6) is 5.75 Å². The average Bonchev–Trinajstić information content (AvgIpc) is 2.32. The number of benzene rings is 2. The maximum Gasteiger partial charge on any atom is 0.142 e. The van der Waals surface area contributed by atoms with Gasteiger partial charge in [-0.3, -0.25) is 0 Å². The number of aryl methyl sites for hydroxylation is 2. The predicted octanol–water partition coefficient (Wildman–Crippen LogP) is 4.06. The Hall–Kier alpha value is -1.96. The maximum atomic E-state index is 5.35. The van der Waals surface area contributed by atoms with Crippen LogP contribution in [0.25, 0.3) is 0 Å². The molecule has 0 aliphatic rings. The molecule has 0 saturated heterocycles. The molecule has 0 aliphatic heterocycles. The molecule has 0 saturated carbocycles. The van der Waals surface area contributed by atoms with E-state index >= 15 is 0 Å². The van der Waals surface area contributed by atoms with Gasteiger partial charge in [0.25, 0.3) is 0 Å². The molecule has 0 bridgehead atoms. The Morgan fingerprint density at radius 1 is 0.941 bits per heavy atom. The quantitative estimate of drug-likeness (QED) is 0.853. The summed E-state index contributed by atoms with van der Waals surface area (Å²) in [5, 5.41) is 3.41. The number of para-hydroxylation sites is 1. The fourth-order valence-electron chi connectivity index (χ4n) is 1.78. The van der Waals surface area contributed by atoms with Crippen molar-refractivity contribution in [2.75, 3.05) is 12.4 Å². The zero-order valence-corrected chi connectivity index (χ0v) is 10.4. The highest BCUT2D eigenvalue weighted by Crippen LogP contribution is 2.29. The highest BCUT2D eigenvalue weighted by Gasteiger charge is 2.04. The molecule has 0 unspecified atom stereocenters. The van der Waals surface area contributed by atoms with Gasteiger partial charge in [-0.1, -0.05) is 24.3 Å². The second-order valence-electron chi connectivity index (χ2n) is 4.14. The number of ether oxygens (including phenoxy) is 1. The molecule has 2 aromatic carbocycles. The van der Waals surface area contributed by atoms with Gasteiger partial charge in [0.15, 0.2) is 0 Å². The predicted molar refractivity (Wildman–Crippen MR) is 72.2 cm³/mol. The average molecular weight is 227 g/mol. The summed E-state index contributed by atoms with van der Waals surface area (Å²) in [4.78, 5) is 0. The zero-order chi connectivity index (χ0) is 12.3. The van der Waals surface area contributed by atoms with Crippen LogP contribution >= 0.6 is 0 Å². The van der Waals surface area contributed by atoms with E-state index in [1.165, 1.54) is 11.1 Å². The Kier molecular flexibility index (Phi) is 3.33. The summed E-state index contributed by atoms with van der Waals surface area (Å²) in [6.07, 6.45) is 0. The molecule has 2 aromatic rings. The van der Waals surface area contributed by atoms with Crippen LogP contribution < -0.4 is 10.1 Å². The summed E-state index contributed by atoms with van der Waals surface area (Å²) in [6.45, 7) is 4.16. The summed E-state index contributed by atoms with van der Waals surface area (Å²) in [5.41, 5.74) is 4.54. The summed E-state index contributed by atoms with van der Waals surface area (Å²) in [6, 6.07) is 14.3. The fourth-order valence-corrected chi connectivity index (χ4v) is 1.78. The van der Waals surface area contributed by atoms with Gasteiger partial charge in [-0.2, -0.15) is 0 Å².